The molecule has 0 N–H and O–H groups in total. The van der Waals surface area contributed by atoms with Crippen molar-refractivity contribution < 1.29 is 14.3 Å². The van der Waals surface area contributed by atoms with Crippen LogP contribution in [0.5, 0.6) is 0 Å². The molecule has 0 rings (SSSR count). The average Bonchev–Trinajstić information content (AvgIpc) is 2.35. The van der Waals surface area contributed by atoms with Gasteiger partial charge in [-0.1, -0.05) is 45.4 Å². The number of carbonyl (C=O) groups is 2. The van der Waals surface area contributed by atoms with E-state index in [4.69, 9.17) is 0 Å². The van der Waals surface area contributed by atoms with Crippen molar-refractivity contribution in [3.63, 3.8) is 0 Å². The third kappa shape index (κ3) is 10.3. The third-order valence-corrected chi connectivity index (χ3v) is 3.44. The molecule has 0 saturated carbocycles. The van der Waals surface area contributed by atoms with Crippen molar-refractivity contribution in [2.24, 2.45) is 5.92 Å². The second kappa shape index (κ2) is 11.2. The molecule has 3 heteroatoms. The lowest BCUT2D eigenvalue weighted by Crippen LogP contribution is -2.05. The Morgan fingerprint density at radius 3 is 1.94 bits per heavy atom. The van der Waals surface area contributed by atoms with Crippen LogP contribution in [0.3, 0.4) is 0 Å². The minimum atomic E-state index is -0.103. The van der Waals surface area contributed by atoms with Crippen molar-refractivity contribution in [1.29, 1.82) is 0 Å². The van der Waals surface area contributed by atoms with Crippen LogP contribution in [0.15, 0.2) is 0 Å². The van der Waals surface area contributed by atoms with Gasteiger partial charge in [0.2, 0.25) is 0 Å². The van der Waals surface area contributed by atoms with E-state index in [0.717, 1.165) is 25.7 Å². The van der Waals surface area contributed by atoms with Gasteiger partial charge in [-0.3, -0.25) is 9.59 Å². The minimum absolute atomic E-state index is 0.103. The first-order chi connectivity index (χ1) is 8.57. The van der Waals surface area contributed by atoms with Gasteiger partial charge < -0.3 is 4.74 Å². The summed E-state index contributed by atoms with van der Waals surface area (Å²) in [5, 5.41) is 0. The molecule has 0 spiro atoms. The largest absolute Gasteiger partial charge is 0.469 e. The van der Waals surface area contributed by atoms with Crippen LogP contribution in [0.4, 0.5) is 0 Å². The number of hydrogen-bond acceptors (Lipinski definition) is 3. The molecule has 0 bridgehead atoms. The number of Topliss-reactive ketones (excluding diaryl/α,β-unsaturated/α-hetero) is 1. The Labute approximate surface area is 111 Å². The highest BCUT2D eigenvalue weighted by Crippen LogP contribution is 2.13. The van der Waals surface area contributed by atoms with E-state index in [1.165, 1.54) is 32.8 Å². The summed E-state index contributed by atoms with van der Waals surface area (Å²) in [6.45, 7) is 3.68. The molecule has 1 unspecified atom stereocenters. The molecule has 0 aliphatic rings. The van der Waals surface area contributed by atoms with Gasteiger partial charge in [-0.25, -0.2) is 0 Å². The molecule has 0 aliphatic carbocycles. The predicted octanol–water partition coefficient (Wildman–Crippen LogP) is 3.90. The van der Waals surface area contributed by atoms with Crippen molar-refractivity contribution in [2.75, 3.05) is 7.11 Å². The summed E-state index contributed by atoms with van der Waals surface area (Å²) in [6, 6.07) is 0. The SMILES string of the molecule is COC(=O)CCCCCCCCCC(C)C(C)=O. The number of methoxy groups -OCH3 is 1. The van der Waals surface area contributed by atoms with E-state index in [2.05, 4.69) is 4.74 Å². The number of unbranched alkanes of at least 4 members (excludes halogenated alkanes) is 6. The van der Waals surface area contributed by atoms with Crippen LogP contribution in [-0.2, 0) is 14.3 Å². The normalized spacial score (nSPS) is 12.2. The third-order valence-electron chi connectivity index (χ3n) is 3.44. The van der Waals surface area contributed by atoms with Gasteiger partial charge in [0.1, 0.15) is 5.78 Å². The van der Waals surface area contributed by atoms with Gasteiger partial charge in [0.05, 0.1) is 7.11 Å². The first-order valence-electron chi connectivity index (χ1n) is 7.15. The summed E-state index contributed by atoms with van der Waals surface area (Å²) in [6.07, 6.45) is 9.66. The Hall–Kier alpha value is -0.860. The smallest absolute Gasteiger partial charge is 0.305 e. The van der Waals surface area contributed by atoms with Gasteiger partial charge in [-0.2, -0.15) is 0 Å². The van der Waals surface area contributed by atoms with E-state index >= 15 is 0 Å². The van der Waals surface area contributed by atoms with Gasteiger partial charge in [0.15, 0.2) is 0 Å². The summed E-state index contributed by atoms with van der Waals surface area (Å²) < 4.78 is 4.59. The number of hydrogen-bond donors (Lipinski definition) is 0. The molecule has 3 nitrogen and oxygen atoms in total. The fraction of sp³-hybridized carbons (Fsp3) is 0.867. The Morgan fingerprint density at radius 2 is 1.44 bits per heavy atom. The fourth-order valence-electron chi connectivity index (χ4n) is 1.91. The molecule has 0 aromatic carbocycles. The Morgan fingerprint density at radius 1 is 0.944 bits per heavy atom. The monoisotopic (exact) mass is 256 g/mol. The molecule has 0 fully saturated rings. The van der Waals surface area contributed by atoms with Crippen molar-refractivity contribution >= 4 is 11.8 Å². The summed E-state index contributed by atoms with van der Waals surface area (Å²) in [5.74, 6) is 0.427. The van der Waals surface area contributed by atoms with E-state index in [1.54, 1.807) is 6.92 Å². The number of ether oxygens (including phenoxy) is 1. The lowest BCUT2D eigenvalue weighted by Gasteiger charge is -2.06. The minimum Gasteiger partial charge on any atom is -0.469 e. The van der Waals surface area contributed by atoms with E-state index in [9.17, 15) is 9.59 Å². The molecule has 18 heavy (non-hydrogen) atoms. The highest BCUT2D eigenvalue weighted by molar-refractivity contribution is 5.77. The molecule has 0 radical (unpaired) electrons. The number of esters is 1. The molecule has 0 aromatic heterocycles. The average molecular weight is 256 g/mol. The van der Waals surface area contributed by atoms with Crippen LogP contribution in [0.25, 0.3) is 0 Å². The van der Waals surface area contributed by atoms with Crippen molar-refractivity contribution in [3.05, 3.63) is 0 Å². The van der Waals surface area contributed by atoms with Crippen LogP contribution >= 0.6 is 0 Å². The van der Waals surface area contributed by atoms with Crippen LogP contribution in [-0.4, -0.2) is 18.9 Å². The van der Waals surface area contributed by atoms with Gasteiger partial charge in [-0.15, -0.1) is 0 Å². The van der Waals surface area contributed by atoms with Crippen LogP contribution in [0, 0.1) is 5.92 Å². The number of ketones is 1. The quantitative estimate of drug-likeness (QED) is 0.416. The van der Waals surface area contributed by atoms with E-state index in [1.807, 2.05) is 6.92 Å². The molecule has 0 heterocycles. The van der Waals surface area contributed by atoms with Crippen molar-refractivity contribution in [3.8, 4) is 0 Å². The summed E-state index contributed by atoms with van der Waals surface area (Å²) in [5.41, 5.74) is 0. The standard InChI is InChI=1S/C15H28O3/c1-13(14(2)16)11-9-7-5-4-6-8-10-12-15(17)18-3/h13H,4-12H2,1-3H3. The number of rotatable bonds is 11. The Kier molecular flexibility index (Phi) is 10.7. The molecular formula is C15H28O3. The maximum Gasteiger partial charge on any atom is 0.305 e. The van der Waals surface area contributed by atoms with Gasteiger partial charge >= 0.3 is 5.97 Å². The lowest BCUT2D eigenvalue weighted by molar-refractivity contribution is -0.140. The second-order valence-corrected chi connectivity index (χ2v) is 5.10. The maximum atomic E-state index is 11.0. The highest BCUT2D eigenvalue weighted by Gasteiger charge is 2.06. The Bertz CT molecular complexity index is 236. The first kappa shape index (κ1) is 17.1. The molecule has 0 aromatic rings. The van der Waals surface area contributed by atoms with E-state index in [0.29, 0.717) is 12.2 Å². The van der Waals surface area contributed by atoms with Crippen molar-refractivity contribution in [1.82, 2.24) is 0 Å². The number of carbonyl (C=O) groups excluding carboxylic acids is 2. The first-order valence-corrected chi connectivity index (χ1v) is 7.15. The van der Waals surface area contributed by atoms with Gasteiger partial charge in [0.25, 0.3) is 0 Å². The topological polar surface area (TPSA) is 43.4 Å². The molecule has 1 atom stereocenters. The van der Waals surface area contributed by atoms with Crippen molar-refractivity contribution in [2.45, 2.75) is 71.6 Å². The molecule has 106 valence electrons. The van der Waals surface area contributed by atoms with E-state index in [-0.39, 0.29) is 11.9 Å². The molecule has 0 aliphatic heterocycles. The zero-order chi connectivity index (χ0) is 13.8. The molecule has 0 saturated heterocycles. The summed E-state index contributed by atoms with van der Waals surface area (Å²) in [7, 11) is 1.43. The van der Waals surface area contributed by atoms with E-state index < -0.39 is 0 Å². The van der Waals surface area contributed by atoms with Crippen LogP contribution < -0.4 is 0 Å². The maximum absolute atomic E-state index is 11.0. The molecule has 0 amide bonds. The van der Waals surface area contributed by atoms with Gasteiger partial charge in [-0.05, 0) is 19.8 Å². The zero-order valence-corrected chi connectivity index (χ0v) is 12.2. The molecular weight excluding hydrogens is 228 g/mol. The van der Waals surface area contributed by atoms with Crippen LogP contribution in [0.1, 0.15) is 71.6 Å². The highest BCUT2D eigenvalue weighted by atomic mass is 16.5. The fourth-order valence-corrected chi connectivity index (χ4v) is 1.91. The van der Waals surface area contributed by atoms with Gasteiger partial charge in [0, 0.05) is 12.3 Å². The summed E-state index contributed by atoms with van der Waals surface area (Å²) >= 11 is 0. The predicted molar refractivity (Wildman–Crippen MR) is 73.4 cm³/mol. The second-order valence-electron chi connectivity index (χ2n) is 5.10. The van der Waals surface area contributed by atoms with Crippen LogP contribution in [0.2, 0.25) is 0 Å². The lowest BCUT2D eigenvalue weighted by atomic mass is 9.99. The Balaban J connectivity index is 3.17. The zero-order valence-electron chi connectivity index (χ0n) is 12.2. The summed E-state index contributed by atoms with van der Waals surface area (Å²) in [4.78, 5) is 21.9.